The van der Waals surface area contributed by atoms with Crippen LogP contribution in [-0.4, -0.2) is 9.91 Å². The van der Waals surface area contributed by atoms with Crippen molar-refractivity contribution in [2.75, 3.05) is 5.32 Å². The minimum Gasteiger partial charge on any atom is -0.373 e. The first-order chi connectivity index (χ1) is 9.08. The highest BCUT2D eigenvalue weighted by atomic mass is 35.5. The second-order valence-corrected chi connectivity index (χ2v) is 4.50. The van der Waals surface area contributed by atoms with Crippen LogP contribution in [0.1, 0.15) is 18.5 Å². The SMILES string of the molecule is CC(Nc1ccncc1[N+](=O)[O-])c1ccc(Cl)cc1. The largest absolute Gasteiger partial charge is 0.373 e. The minimum atomic E-state index is -0.454. The first-order valence-corrected chi connectivity index (χ1v) is 6.06. The van der Waals surface area contributed by atoms with Gasteiger partial charge in [-0.3, -0.25) is 15.1 Å². The van der Waals surface area contributed by atoms with E-state index < -0.39 is 4.92 Å². The predicted octanol–water partition coefficient (Wildman–Crippen LogP) is 3.82. The topological polar surface area (TPSA) is 68.1 Å². The van der Waals surface area contributed by atoms with Crippen LogP contribution < -0.4 is 5.32 Å². The van der Waals surface area contributed by atoms with Crippen LogP contribution in [0.25, 0.3) is 0 Å². The fourth-order valence-corrected chi connectivity index (χ4v) is 1.85. The second-order valence-electron chi connectivity index (χ2n) is 4.07. The molecule has 1 unspecified atom stereocenters. The molecule has 0 amide bonds. The van der Waals surface area contributed by atoms with Gasteiger partial charge in [-0.2, -0.15) is 0 Å². The van der Waals surface area contributed by atoms with Crippen LogP contribution in [0.2, 0.25) is 5.02 Å². The molecule has 0 aliphatic carbocycles. The highest BCUT2D eigenvalue weighted by Gasteiger charge is 2.15. The average Bonchev–Trinajstić information content (AvgIpc) is 2.39. The fraction of sp³-hybridized carbons (Fsp3) is 0.154. The van der Waals surface area contributed by atoms with Crippen LogP contribution in [0.15, 0.2) is 42.7 Å². The Labute approximate surface area is 115 Å². The molecule has 1 aromatic heterocycles. The molecular formula is C13H12ClN3O2. The van der Waals surface area contributed by atoms with Crippen molar-refractivity contribution in [1.29, 1.82) is 0 Å². The molecule has 1 atom stereocenters. The van der Waals surface area contributed by atoms with Gasteiger partial charge in [-0.1, -0.05) is 23.7 Å². The maximum absolute atomic E-state index is 10.9. The summed E-state index contributed by atoms with van der Waals surface area (Å²) in [5.74, 6) is 0. The van der Waals surface area contributed by atoms with E-state index in [1.807, 2.05) is 19.1 Å². The van der Waals surface area contributed by atoms with Crippen molar-refractivity contribution in [3.8, 4) is 0 Å². The number of aromatic nitrogens is 1. The Morgan fingerprint density at radius 3 is 2.63 bits per heavy atom. The Balaban J connectivity index is 2.21. The summed E-state index contributed by atoms with van der Waals surface area (Å²) in [5.41, 5.74) is 1.40. The fourth-order valence-electron chi connectivity index (χ4n) is 1.72. The maximum atomic E-state index is 10.9. The third kappa shape index (κ3) is 3.20. The molecule has 0 saturated carbocycles. The molecule has 5 nitrogen and oxygen atoms in total. The van der Waals surface area contributed by atoms with Crippen molar-refractivity contribution in [1.82, 2.24) is 4.98 Å². The van der Waals surface area contributed by atoms with Gasteiger partial charge in [0.1, 0.15) is 11.9 Å². The molecule has 0 fully saturated rings. The van der Waals surface area contributed by atoms with Gasteiger partial charge < -0.3 is 5.32 Å². The van der Waals surface area contributed by atoms with Crippen LogP contribution in [0, 0.1) is 10.1 Å². The summed E-state index contributed by atoms with van der Waals surface area (Å²) < 4.78 is 0. The first kappa shape index (κ1) is 13.3. The molecule has 1 N–H and O–H groups in total. The number of anilines is 1. The number of nitrogens with zero attached hydrogens (tertiary/aromatic N) is 2. The van der Waals surface area contributed by atoms with Crippen molar-refractivity contribution in [2.24, 2.45) is 0 Å². The van der Waals surface area contributed by atoms with Crippen molar-refractivity contribution in [3.05, 3.63) is 63.4 Å². The van der Waals surface area contributed by atoms with Crippen LogP contribution in [0.4, 0.5) is 11.4 Å². The third-order valence-corrected chi connectivity index (χ3v) is 2.99. The van der Waals surface area contributed by atoms with Gasteiger partial charge in [-0.15, -0.1) is 0 Å². The van der Waals surface area contributed by atoms with E-state index in [9.17, 15) is 10.1 Å². The minimum absolute atomic E-state index is 0.0386. The average molecular weight is 278 g/mol. The monoisotopic (exact) mass is 277 g/mol. The molecule has 1 heterocycles. The summed E-state index contributed by atoms with van der Waals surface area (Å²) in [6.07, 6.45) is 2.75. The lowest BCUT2D eigenvalue weighted by Gasteiger charge is -2.15. The third-order valence-electron chi connectivity index (χ3n) is 2.74. The van der Waals surface area contributed by atoms with Gasteiger partial charge in [0.25, 0.3) is 0 Å². The lowest BCUT2D eigenvalue weighted by molar-refractivity contribution is -0.384. The zero-order chi connectivity index (χ0) is 13.8. The Morgan fingerprint density at radius 1 is 1.32 bits per heavy atom. The number of nitrogens with one attached hydrogen (secondary N) is 1. The zero-order valence-electron chi connectivity index (χ0n) is 10.2. The van der Waals surface area contributed by atoms with Crippen molar-refractivity contribution in [3.63, 3.8) is 0 Å². The summed E-state index contributed by atoms with van der Waals surface area (Å²) >= 11 is 5.83. The predicted molar refractivity (Wildman–Crippen MR) is 74.4 cm³/mol. The van der Waals surface area contributed by atoms with Gasteiger partial charge >= 0.3 is 5.69 Å². The molecular weight excluding hydrogens is 266 g/mol. The van der Waals surface area contributed by atoms with E-state index in [0.717, 1.165) is 5.56 Å². The van der Waals surface area contributed by atoms with Crippen LogP contribution in [0.3, 0.4) is 0 Å². The van der Waals surface area contributed by atoms with Crippen molar-refractivity contribution in [2.45, 2.75) is 13.0 Å². The van der Waals surface area contributed by atoms with Gasteiger partial charge in [-0.25, -0.2) is 0 Å². The van der Waals surface area contributed by atoms with Gasteiger partial charge in [0.2, 0.25) is 0 Å². The smallest absolute Gasteiger partial charge is 0.310 e. The van der Waals surface area contributed by atoms with E-state index in [1.165, 1.54) is 12.4 Å². The van der Waals surface area contributed by atoms with E-state index in [4.69, 9.17) is 11.6 Å². The van der Waals surface area contributed by atoms with Crippen LogP contribution in [-0.2, 0) is 0 Å². The number of nitro groups is 1. The van der Waals surface area contributed by atoms with Crippen molar-refractivity contribution >= 4 is 23.0 Å². The molecule has 1 aromatic carbocycles. The second kappa shape index (κ2) is 5.67. The Hall–Kier alpha value is -2.14. The number of pyridine rings is 1. The summed E-state index contributed by atoms with van der Waals surface area (Å²) in [5, 5.41) is 14.7. The lowest BCUT2D eigenvalue weighted by atomic mass is 10.1. The Bertz CT molecular complexity index is 587. The molecule has 6 heteroatoms. The molecule has 2 aromatic rings. The van der Waals surface area contributed by atoms with Gasteiger partial charge in [-0.05, 0) is 30.7 Å². The highest BCUT2D eigenvalue weighted by Crippen LogP contribution is 2.27. The summed E-state index contributed by atoms with van der Waals surface area (Å²) in [7, 11) is 0. The number of hydrogen-bond acceptors (Lipinski definition) is 4. The normalized spacial score (nSPS) is 11.9. The summed E-state index contributed by atoms with van der Waals surface area (Å²) in [6.45, 7) is 1.92. The van der Waals surface area contributed by atoms with E-state index >= 15 is 0 Å². The van der Waals surface area contributed by atoms with Crippen LogP contribution in [0.5, 0.6) is 0 Å². The van der Waals surface area contributed by atoms with E-state index in [1.54, 1.807) is 18.2 Å². The molecule has 2 rings (SSSR count). The quantitative estimate of drug-likeness (QED) is 0.681. The van der Waals surface area contributed by atoms with Gasteiger partial charge in [0.15, 0.2) is 0 Å². The van der Waals surface area contributed by atoms with E-state index in [0.29, 0.717) is 10.7 Å². The molecule has 0 bridgehead atoms. The summed E-state index contributed by atoms with van der Waals surface area (Å²) in [6, 6.07) is 8.86. The number of benzene rings is 1. The van der Waals surface area contributed by atoms with Crippen LogP contribution >= 0.6 is 11.6 Å². The maximum Gasteiger partial charge on any atom is 0.310 e. The van der Waals surface area contributed by atoms with E-state index in [-0.39, 0.29) is 11.7 Å². The molecule has 0 saturated heterocycles. The number of halogens is 1. The first-order valence-electron chi connectivity index (χ1n) is 5.68. The van der Waals surface area contributed by atoms with Crippen molar-refractivity contribution < 1.29 is 4.92 Å². The Kier molecular flexibility index (Phi) is 3.97. The number of hydrogen-bond donors (Lipinski definition) is 1. The molecule has 0 radical (unpaired) electrons. The zero-order valence-corrected chi connectivity index (χ0v) is 11.0. The molecule has 98 valence electrons. The molecule has 0 aliphatic rings. The number of rotatable bonds is 4. The Morgan fingerprint density at radius 2 is 2.00 bits per heavy atom. The summed E-state index contributed by atoms with van der Waals surface area (Å²) in [4.78, 5) is 14.2. The van der Waals surface area contributed by atoms with Gasteiger partial charge in [0, 0.05) is 17.3 Å². The standard InChI is InChI=1S/C13H12ClN3O2/c1-9(10-2-4-11(14)5-3-10)16-12-6-7-15-8-13(12)17(18)19/h2-9H,1H3,(H,15,16). The lowest BCUT2D eigenvalue weighted by Crippen LogP contribution is -2.08. The molecule has 19 heavy (non-hydrogen) atoms. The van der Waals surface area contributed by atoms with Gasteiger partial charge in [0.05, 0.1) is 4.92 Å². The molecule has 0 aliphatic heterocycles. The highest BCUT2D eigenvalue weighted by molar-refractivity contribution is 6.30. The molecule has 0 spiro atoms. The van der Waals surface area contributed by atoms with E-state index in [2.05, 4.69) is 10.3 Å².